The molecule has 0 bridgehead atoms. The summed E-state index contributed by atoms with van der Waals surface area (Å²) in [6.07, 6.45) is 2.24. The van der Waals surface area contributed by atoms with Crippen molar-refractivity contribution in [1.82, 2.24) is 15.1 Å². The average Bonchev–Trinajstić information content (AvgIpc) is 3.13. The third-order valence-corrected chi connectivity index (χ3v) is 3.55. The lowest BCUT2D eigenvalue weighted by Crippen LogP contribution is -2.51. The van der Waals surface area contributed by atoms with Crippen LogP contribution in [0.3, 0.4) is 0 Å². The molecule has 6 heteroatoms. The van der Waals surface area contributed by atoms with Crippen molar-refractivity contribution in [2.75, 3.05) is 39.3 Å². The van der Waals surface area contributed by atoms with Crippen LogP contribution in [0.25, 0.3) is 0 Å². The summed E-state index contributed by atoms with van der Waals surface area (Å²) in [6, 6.07) is 0.422. The number of hydrogen-bond donors (Lipinski definition) is 1. The summed E-state index contributed by atoms with van der Waals surface area (Å²) in [5, 5.41) is 3.00. The average molecular weight is 297 g/mol. The Morgan fingerprint density at radius 1 is 1.05 bits per heavy atom. The normalized spacial score (nSPS) is 21.1. The Labute approximate surface area is 126 Å². The minimum Gasteiger partial charge on any atom is -0.459 e. The zero-order valence-electron chi connectivity index (χ0n) is 13.4. The van der Waals surface area contributed by atoms with Crippen LogP contribution in [-0.2, 0) is 14.3 Å². The van der Waals surface area contributed by atoms with Crippen molar-refractivity contribution in [1.29, 1.82) is 0 Å². The molecule has 1 saturated heterocycles. The molecule has 120 valence electrons. The Bertz CT molecular complexity index is 380. The van der Waals surface area contributed by atoms with Gasteiger partial charge in [0.2, 0.25) is 5.91 Å². The molecular weight excluding hydrogens is 270 g/mol. The summed E-state index contributed by atoms with van der Waals surface area (Å²) in [6.45, 7) is 9.67. The molecule has 2 fully saturated rings. The Morgan fingerprint density at radius 2 is 1.57 bits per heavy atom. The van der Waals surface area contributed by atoms with Crippen molar-refractivity contribution in [2.24, 2.45) is 0 Å². The summed E-state index contributed by atoms with van der Waals surface area (Å²) in [4.78, 5) is 27.7. The highest BCUT2D eigenvalue weighted by atomic mass is 16.6. The van der Waals surface area contributed by atoms with Gasteiger partial charge in [-0.3, -0.25) is 19.4 Å². The van der Waals surface area contributed by atoms with Crippen molar-refractivity contribution in [3.8, 4) is 0 Å². The van der Waals surface area contributed by atoms with Gasteiger partial charge in [-0.1, -0.05) is 0 Å². The molecular formula is C15H27N3O3. The van der Waals surface area contributed by atoms with Gasteiger partial charge in [-0.2, -0.15) is 0 Å². The molecule has 1 aliphatic heterocycles. The van der Waals surface area contributed by atoms with Gasteiger partial charge in [0, 0.05) is 32.2 Å². The van der Waals surface area contributed by atoms with E-state index in [-0.39, 0.29) is 11.9 Å². The first-order chi connectivity index (χ1) is 9.82. The van der Waals surface area contributed by atoms with E-state index in [1.54, 1.807) is 0 Å². The molecule has 0 spiro atoms. The lowest BCUT2D eigenvalue weighted by Gasteiger charge is -2.34. The zero-order chi connectivity index (χ0) is 15.5. The molecule has 0 aromatic heterocycles. The van der Waals surface area contributed by atoms with E-state index in [1.165, 1.54) is 0 Å². The van der Waals surface area contributed by atoms with Gasteiger partial charge in [0.25, 0.3) is 0 Å². The maximum atomic E-state index is 11.8. The quantitative estimate of drug-likeness (QED) is 0.736. The van der Waals surface area contributed by atoms with Gasteiger partial charge in [-0.15, -0.1) is 0 Å². The smallest absolute Gasteiger partial charge is 0.320 e. The van der Waals surface area contributed by atoms with Crippen molar-refractivity contribution >= 4 is 11.9 Å². The largest absolute Gasteiger partial charge is 0.459 e. The van der Waals surface area contributed by atoms with Gasteiger partial charge >= 0.3 is 5.97 Å². The maximum absolute atomic E-state index is 11.8. The third kappa shape index (κ3) is 6.44. The van der Waals surface area contributed by atoms with E-state index < -0.39 is 5.60 Å². The highest BCUT2D eigenvalue weighted by Crippen LogP contribution is 2.18. The van der Waals surface area contributed by atoms with Gasteiger partial charge in [0.05, 0.1) is 13.1 Å². The molecule has 0 aromatic carbocycles. The molecule has 2 aliphatic rings. The van der Waals surface area contributed by atoms with E-state index in [0.29, 0.717) is 19.1 Å². The Hall–Kier alpha value is -1.14. The van der Waals surface area contributed by atoms with Crippen LogP contribution in [0.15, 0.2) is 0 Å². The topological polar surface area (TPSA) is 61.9 Å². The summed E-state index contributed by atoms with van der Waals surface area (Å²) < 4.78 is 5.32. The third-order valence-electron chi connectivity index (χ3n) is 3.55. The van der Waals surface area contributed by atoms with Crippen molar-refractivity contribution in [2.45, 2.75) is 45.3 Å². The van der Waals surface area contributed by atoms with Crippen LogP contribution in [0.2, 0.25) is 0 Å². The van der Waals surface area contributed by atoms with Gasteiger partial charge in [0.15, 0.2) is 0 Å². The highest BCUT2D eigenvalue weighted by Gasteiger charge is 2.26. The van der Waals surface area contributed by atoms with Crippen LogP contribution in [0.1, 0.15) is 33.6 Å². The van der Waals surface area contributed by atoms with E-state index in [1.807, 2.05) is 20.8 Å². The van der Waals surface area contributed by atoms with Gasteiger partial charge in [0.1, 0.15) is 5.60 Å². The predicted molar refractivity (Wildman–Crippen MR) is 79.9 cm³/mol. The first-order valence-electron chi connectivity index (χ1n) is 7.78. The lowest BCUT2D eigenvalue weighted by molar-refractivity contribution is -0.156. The second-order valence-electron chi connectivity index (χ2n) is 6.98. The number of hydrogen-bond acceptors (Lipinski definition) is 5. The second kappa shape index (κ2) is 6.75. The summed E-state index contributed by atoms with van der Waals surface area (Å²) in [7, 11) is 0. The fourth-order valence-electron chi connectivity index (χ4n) is 2.37. The molecule has 1 heterocycles. The number of esters is 1. The molecule has 1 aliphatic carbocycles. The van der Waals surface area contributed by atoms with E-state index >= 15 is 0 Å². The molecule has 2 rings (SSSR count). The van der Waals surface area contributed by atoms with E-state index in [4.69, 9.17) is 4.74 Å². The highest BCUT2D eigenvalue weighted by molar-refractivity contribution is 5.78. The van der Waals surface area contributed by atoms with E-state index in [2.05, 4.69) is 15.1 Å². The van der Waals surface area contributed by atoms with Crippen LogP contribution in [0, 0.1) is 0 Å². The number of carbonyl (C=O) groups is 2. The first-order valence-corrected chi connectivity index (χ1v) is 7.78. The van der Waals surface area contributed by atoms with Crippen molar-refractivity contribution in [3.05, 3.63) is 0 Å². The Morgan fingerprint density at radius 3 is 2.05 bits per heavy atom. The summed E-state index contributed by atoms with van der Waals surface area (Å²) >= 11 is 0. The van der Waals surface area contributed by atoms with Gasteiger partial charge in [-0.05, 0) is 33.6 Å². The number of nitrogens with one attached hydrogen (secondary N) is 1. The fourth-order valence-corrected chi connectivity index (χ4v) is 2.37. The number of rotatable bonds is 5. The van der Waals surface area contributed by atoms with Crippen LogP contribution >= 0.6 is 0 Å². The second-order valence-corrected chi connectivity index (χ2v) is 6.98. The van der Waals surface area contributed by atoms with Gasteiger partial charge < -0.3 is 10.1 Å². The number of nitrogens with zero attached hydrogens (tertiary/aromatic N) is 2. The van der Waals surface area contributed by atoms with Crippen LogP contribution in [0.5, 0.6) is 0 Å². The van der Waals surface area contributed by atoms with Crippen molar-refractivity contribution in [3.63, 3.8) is 0 Å². The number of piperazine rings is 1. The Balaban J connectivity index is 1.63. The minimum absolute atomic E-state index is 0.123. The zero-order valence-corrected chi connectivity index (χ0v) is 13.4. The lowest BCUT2D eigenvalue weighted by atomic mass is 10.2. The standard InChI is InChI=1S/C15H27N3O3/c1-15(2,3)21-14(20)11-18-8-6-17(7-9-18)10-13(19)16-12-4-5-12/h12H,4-11H2,1-3H3,(H,16,19). The van der Waals surface area contributed by atoms with Crippen LogP contribution < -0.4 is 5.32 Å². The first kappa shape index (κ1) is 16.2. The molecule has 0 radical (unpaired) electrons. The monoisotopic (exact) mass is 297 g/mol. The molecule has 0 atom stereocenters. The van der Waals surface area contributed by atoms with E-state index in [9.17, 15) is 9.59 Å². The summed E-state index contributed by atoms with van der Waals surface area (Å²) in [5.74, 6) is -0.0551. The van der Waals surface area contributed by atoms with Gasteiger partial charge in [-0.25, -0.2) is 0 Å². The molecule has 1 amide bonds. The maximum Gasteiger partial charge on any atom is 0.320 e. The molecule has 1 saturated carbocycles. The molecule has 6 nitrogen and oxygen atoms in total. The molecule has 0 unspecified atom stereocenters. The van der Waals surface area contributed by atoms with Crippen LogP contribution in [-0.4, -0.2) is 72.6 Å². The van der Waals surface area contributed by atoms with E-state index in [0.717, 1.165) is 39.0 Å². The number of carbonyl (C=O) groups excluding carboxylic acids is 2. The molecule has 0 aromatic rings. The van der Waals surface area contributed by atoms with Crippen LogP contribution in [0.4, 0.5) is 0 Å². The summed E-state index contributed by atoms with van der Waals surface area (Å²) in [5.41, 5.74) is -0.431. The minimum atomic E-state index is -0.431. The number of amides is 1. The number of ether oxygens (including phenoxy) is 1. The molecule has 21 heavy (non-hydrogen) atoms. The fraction of sp³-hybridized carbons (Fsp3) is 0.867. The SMILES string of the molecule is CC(C)(C)OC(=O)CN1CCN(CC(=O)NC2CC2)CC1. The Kier molecular flexibility index (Phi) is 5.22. The van der Waals surface area contributed by atoms with Crippen molar-refractivity contribution < 1.29 is 14.3 Å². The predicted octanol–water partition coefficient (Wildman–Crippen LogP) is 0.224. The molecule has 1 N–H and O–H groups in total.